The molecule has 0 aliphatic carbocycles. The van der Waals surface area contributed by atoms with Gasteiger partial charge in [-0.3, -0.25) is 4.98 Å². The van der Waals surface area contributed by atoms with E-state index in [4.69, 9.17) is 5.73 Å². The monoisotopic (exact) mass is 251 g/mol. The number of pyridine rings is 1. The van der Waals surface area contributed by atoms with Gasteiger partial charge in [-0.1, -0.05) is 17.8 Å². The first kappa shape index (κ1) is 11.6. The minimum Gasteiger partial charge on any atom is -0.327 e. The summed E-state index contributed by atoms with van der Waals surface area (Å²) in [5.41, 5.74) is 7.16. The number of thioether (sulfide) groups is 1. The molecule has 84 valence electrons. The highest BCUT2D eigenvalue weighted by Gasteiger charge is 2.18. The molecule has 0 spiro atoms. The maximum Gasteiger partial charge on any atom is 0.150 e. The van der Waals surface area contributed by atoms with Crippen LogP contribution in [0.3, 0.4) is 0 Å². The first-order valence-corrected chi connectivity index (χ1v) is 6.75. The highest BCUT2D eigenvalue weighted by molar-refractivity contribution is 8.01. The maximum absolute atomic E-state index is 6.01. The van der Waals surface area contributed by atoms with Crippen LogP contribution in [0.4, 0.5) is 0 Å². The van der Waals surface area contributed by atoms with E-state index in [0.717, 1.165) is 9.90 Å². The van der Waals surface area contributed by atoms with Crippen LogP contribution in [-0.4, -0.2) is 16.0 Å². The Balaban J connectivity index is 2.18. The molecule has 0 aromatic carbocycles. The van der Waals surface area contributed by atoms with E-state index in [2.05, 4.69) is 16.0 Å². The lowest BCUT2D eigenvalue weighted by molar-refractivity contribution is 0.718. The first-order chi connectivity index (χ1) is 7.77. The molecule has 0 radical (unpaired) electrons. The lowest BCUT2D eigenvalue weighted by atomic mass is 10.1. The standard InChI is InChI=1S/C11H13N3S2/c1-8(12)10(9-3-2-4-13-7-9)16-11-14-5-6-15-11/h2-8,10H,12H2,1H3. The second-order valence-electron chi connectivity index (χ2n) is 3.48. The van der Waals surface area contributed by atoms with Gasteiger partial charge in [0.05, 0.1) is 5.25 Å². The van der Waals surface area contributed by atoms with Crippen molar-refractivity contribution in [3.63, 3.8) is 0 Å². The minimum absolute atomic E-state index is 0.0677. The van der Waals surface area contributed by atoms with E-state index in [1.165, 1.54) is 0 Å². The van der Waals surface area contributed by atoms with Crippen LogP contribution in [0, 0.1) is 0 Å². The number of rotatable bonds is 4. The largest absolute Gasteiger partial charge is 0.327 e. The van der Waals surface area contributed by atoms with E-state index in [1.807, 2.05) is 30.8 Å². The first-order valence-electron chi connectivity index (χ1n) is 4.99. The molecule has 5 heteroatoms. The van der Waals surface area contributed by atoms with Crippen molar-refractivity contribution in [2.24, 2.45) is 5.73 Å². The summed E-state index contributed by atoms with van der Waals surface area (Å²) < 4.78 is 1.05. The van der Waals surface area contributed by atoms with Crippen LogP contribution in [0.15, 0.2) is 40.4 Å². The van der Waals surface area contributed by atoms with Crippen LogP contribution in [0.1, 0.15) is 17.7 Å². The molecule has 0 aliphatic heterocycles. The van der Waals surface area contributed by atoms with Gasteiger partial charge in [0.15, 0.2) is 0 Å². The lowest BCUT2D eigenvalue weighted by Crippen LogP contribution is -2.22. The summed E-state index contributed by atoms with van der Waals surface area (Å²) in [7, 11) is 0. The Morgan fingerprint density at radius 3 is 2.88 bits per heavy atom. The quantitative estimate of drug-likeness (QED) is 0.849. The summed E-state index contributed by atoms with van der Waals surface area (Å²) in [5, 5.41) is 2.18. The van der Waals surface area contributed by atoms with Gasteiger partial charge >= 0.3 is 0 Å². The molecule has 0 aliphatic rings. The number of hydrogen-bond donors (Lipinski definition) is 1. The Morgan fingerprint density at radius 1 is 1.44 bits per heavy atom. The molecule has 2 heterocycles. The smallest absolute Gasteiger partial charge is 0.150 e. The van der Waals surface area contributed by atoms with Gasteiger partial charge in [0.1, 0.15) is 4.34 Å². The molecule has 0 fully saturated rings. The molecule has 2 unspecified atom stereocenters. The van der Waals surface area contributed by atoms with Crippen LogP contribution >= 0.6 is 23.1 Å². The van der Waals surface area contributed by atoms with Crippen LogP contribution in [0.2, 0.25) is 0 Å². The number of nitrogens with zero attached hydrogens (tertiary/aromatic N) is 2. The molecule has 0 bridgehead atoms. The third-order valence-corrected chi connectivity index (χ3v) is 4.53. The summed E-state index contributed by atoms with van der Waals surface area (Å²) in [6, 6.07) is 4.06. The van der Waals surface area contributed by atoms with Gasteiger partial charge < -0.3 is 5.73 Å². The molecule has 0 saturated heterocycles. The highest BCUT2D eigenvalue weighted by Crippen LogP contribution is 2.37. The predicted octanol–water partition coefficient (Wildman–Crippen LogP) is 2.72. The second kappa shape index (κ2) is 5.43. The van der Waals surface area contributed by atoms with Gasteiger partial charge in [0.25, 0.3) is 0 Å². The SMILES string of the molecule is CC(N)C(Sc1nccs1)c1cccnc1. The average Bonchev–Trinajstić information content (AvgIpc) is 2.79. The van der Waals surface area contributed by atoms with Crippen molar-refractivity contribution in [1.29, 1.82) is 0 Å². The molecule has 16 heavy (non-hydrogen) atoms. The summed E-state index contributed by atoms with van der Waals surface area (Å²) in [6.45, 7) is 2.01. The van der Waals surface area contributed by atoms with E-state index < -0.39 is 0 Å². The van der Waals surface area contributed by atoms with Crippen molar-refractivity contribution in [3.8, 4) is 0 Å². The summed E-state index contributed by atoms with van der Waals surface area (Å²) in [6.07, 6.45) is 5.46. The van der Waals surface area contributed by atoms with Crippen molar-refractivity contribution < 1.29 is 0 Å². The van der Waals surface area contributed by atoms with Crippen molar-refractivity contribution in [3.05, 3.63) is 41.7 Å². The molecule has 3 nitrogen and oxygen atoms in total. The van der Waals surface area contributed by atoms with Crippen LogP contribution in [0.25, 0.3) is 0 Å². The highest BCUT2D eigenvalue weighted by atomic mass is 32.2. The summed E-state index contributed by atoms with van der Waals surface area (Å²) in [5.74, 6) is 0. The Morgan fingerprint density at radius 2 is 2.31 bits per heavy atom. The summed E-state index contributed by atoms with van der Waals surface area (Å²) >= 11 is 3.34. The molecule has 2 atom stereocenters. The zero-order valence-corrected chi connectivity index (χ0v) is 10.5. The lowest BCUT2D eigenvalue weighted by Gasteiger charge is -2.18. The third kappa shape index (κ3) is 2.81. The molecule has 2 N–H and O–H groups in total. The molecular weight excluding hydrogens is 238 g/mol. The molecule has 2 rings (SSSR count). The second-order valence-corrected chi connectivity index (χ2v) is 5.77. The maximum atomic E-state index is 6.01. The van der Waals surface area contributed by atoms with Crippen molar-refractivity contribution in [2.45, 2.75) is 22.6 Å². The summed E-state index contributed by atoms with van der Waals surface area (Å²) in [4.78, 5) is 8.40. The number of nitrogens with two attached hydrogens (primary N) is 1. The normalized spacial score (nSPS) is 14.6. The number of hydrogen-bond acceptors (Lipinski definition) is 5. The van der Waals surface area contributed by atoms with Gasteiger partial charge in [-0.05, 0) is 18.6 Å². The van der Waals surface area contributed by atoms with Crippen molar-refractivity contribution in [1.82, 2.24) is 9.97 Å². The Bertz CT molecular complexity index is 414. The van der Waals surface area contributed by atoms with Gasteiger partial charge in [0, 0.05) is 30.0 Å². The van der Waals surface area contributed by atoms with Gasteiger partial charge in [-0.25, -0.2) is 4.98 Å². The Kier molecular flexibility index (Phi) is 3.93. The van der Waals surface area contributed by atoms with Crippen molar-refractivity contribution in [2.75, 3.05) is 0 Å². The molecule has 2 aromatic rings. The van der Waals surface area contributed by atoms with Crippen LogP contribution in [0.5, 0.6) is 0 Å². The fourth-order valence-corrected chi connectivity index (χ4v) is 3.29. The van der Waals surface area contributed by atoms with E-state index in [1.54, 1.807) is 29.3 Å². The predicted molar refractivity (Wildman–Crippen MR) is 68.6 cm³/mol. The van der Waals surface area contributed by atoms with E-state index in [-0.39, 0.29) is 11.3 Å². The van der Waals surface area contributed by atoms with E-state index in [0.29, 0.717) is 0 Å². The molecule has 2 aromatic heterocycles. The van der Waals surface area contributed by atoms with Gasteiger partial charge in [0.2, 0.25) is 0 Å². The number of aromatic nitrogens is 2. The third-order valence-electron chi connectivity index (χ3n) is 2.13. The van der Waals surface area contributed by atoms with Crippen LogP contribution in [-0.2, 0) is 0 Å². The van der Waals surface area contributed by atoms with Gasteiger partial charge in [-0.15, -0.1) is 11.3 Å². The molecule has 0 saturated carbocycles. The van der Waals surface area contributed by atoms with E-state index >= 15 is 0 Å². The fourth-order valence-electron chi connectivity index (χ4n) is 1.40. The van der Waals surface area contributed by atoms with Crippen LogP contribution < -0.4 is 5.73 Å². The topological polar surface area (TPSA) is 51.8 Å². The zero-order valence-electron chi connectivity index (χ0n) is 8.91. The molecular formula is C11H13N3S2. The average molecular weight is 251 g/mol. The van der Waals surface area contributed by atoms with E-state index in [9.17, 15) is 0 Å². The Labute approximate surface area is 103 Å². The minimum atomic E-state index is 0.0677. The number of thiazole rings is 1. The molecule has 0 amide bonds. The fraction of sp³-hybridized carbons (Fsp3) is 0.273. The zero-order chi connectivity index (χ0) is 11.4. The van der Waals surface area contributed by atoms with Crippen molar-refractivity contribution >= 4 is 23.1 Å². The van der Waals surface area contributed by atoms with Gasteiger partial charge in [-0.2, -0.15) is 0 Å². The Hall–Kier alpha value is -0.910.